The van der Waals surface area contributed by atoms with Crippen molar-refractivity contribution in [3.05, 3.63) is 0 Å². The van der Waals surface area contributed by atoms with Gasteiger partial charge in [0.15, 0.2) is 0 Å². The monoisotopic (exact) mass is 239 g/mol. The van der Waals surface area contributed by atoms with Gasteiger partial charge in [-0.1, -0.05) is 12.8 Å². The van der Waals surface area contributed by atoms with E-state index in [1.165, 1.54) is 25.7 Å². The highest BCUT2D eigenvalue weighted by molar-refractivity contribution is 5.78. The summed E-state index contributed by atoms with van der Waals surface area (Å²) in [7, 11) is 2.04. The van der Waals surface area contributed by atoms with Gasteiger partial charge in [0.1, 0.15) is 0 Å². The average molecular weight is 239 g/mol. The SMILES string of the molecule is CN(CC(=O)NCC1CC1)C1(CN)CCCC1. The Labute approximate surface area is 104 Å². The van der Waals surface area contributed by atoms with E-state index in [0.29, 0.717) is 13.1 Å². The van der Waals surface area contributed by atoms with Crippen LogP contribution in [0.25, 0.3) is 0 Å². The summed E-state index contributed by atoms with van der Waals surface area (Å²) < 4.78 is 0. The molecule has 0 aromatic carbocycles. The van der Waals surface area contributed by atoms with E-state index in [4.69, 9.17) is 5.73 Å². The fourth-order valence-corrected chi connectivity index (χ4v) is 2.79. The molecule has 2 aliphatic rings. The van der Waals surface area contributed by atoms with Crippen LogP contribution in [0.4, 0.5) is 0 Å². The molecule has 0 aliphatic heterocycles. The number of nitrogens with zero attached hydrogens (tertiary/aromatic N) is 1. The Balaban J connectivity index is 1.77. The Hall–Kier alpha value is -0.610. The Morgan fingerprint density at radius 3 is 2.59 bits per heavy atom. The molecule has 0 heterocycles. The highest BCUT2D eigenvalue weighted by Crippen LogP contribution is 2.33. The maximum Gasteiger partial charge on any atom is 0.234 e. The minimum atomic E-state index is 0.0803. The molecular formula is C13H25N3O. The van der Waals surface area contributed by atoms with E-state index >= 15 is 0 Å². The topological polar surface area (TPSA) is 58.4 Å². The number of carbonyl (C=O) groups excluding carboxylic acids is 1. The van der Waals surface area contributed by atoms with Crippen molar-refractivity contribution in [3.8, 4) is 0 Å². The van der Waals surface area contributed by atoms with Gasteiger partial charge in [0.25, 0.3) is 0 Å². The number of rotatable bonds is 6. The molecule has 4 heteroatoms. The number of carbonyl (C=O) groups is 1. The highest BCUT2D eigenvalue weighted by atomic mass is 16.2. The van der Waals surface area contributed by atoms with Crippen molar-refractivity contribution in [3.63, 3.8) is 0 Å². The van der Waals surface area contributed by atoms with E-state index in [1.807, 2.05) is 7.05 Å². The van der Waals surface area contributed by atoms with Gasteiger partial charge in [0.05, 0.1) is 6.54 Å². The second kappa shape index (κ2) is 5.36. The number of hydrogen-bond donors (Lipinski definition) is 2. The summed E-state index contributed by atoms with van der Waals surface area (Å²) in [6.07, 6.45) is 7.31. The van der Waals surface area contributed by atoms with Crippen molar-refractivity contribution in [1.29, 1.82) is 0 Å². The molecule has 1 amide bonds. The van der Waals surface area contributed by atoms with E-state index < -0.39 is 0 Å². The highest BCUT2D eigenvalue weighted by Gasteiger charge is 2.37. The molecule has 2 rings (SSSR count). The molecule has 0 radical (unpaired) electrons. The largest absolute Gasteiger partial charge is 0.355 e. The van der Waals surface area contributed by atoms with Crippen LogP contribution >= 0.6 is 0 Å². The van der Waals surface area contributed by atoms with Gasteiger partial charge >= 0.3 is 0 Å². The zero-order valence-corrected chi connectivity index (χ0v) is 10.9. The Bertz CT molecular complexity index is 270. The van der Waals surface area contributed by atoms with Gasteiger partial charge < -0.3 is 11.1 Å². The van der Waals surface area contributed by atoms with Crippen LogP contribution in [0.5, 0.6) is 0 Å². The van der Waals surface area contributed by atoms with Gasteiger partial charge in [-0.05, 0) is 38.6 Å². The predicted octanol–water partition coefficient (Wildman–Crippen LogP) is 0.716. The average Bonchev–Trinajstić information content (AvgIpc) is 3.02. The molecule has 2 saturated carbocycles. The summed E-state index contributed by atoms with van der Waals surface area (Å²) in [5.74, 6) is 0.901. The molecule has 3 N–H and O–H groups in total. The van der Waals surface area contributed by atoms with Crippen LogP contribution in [0.3, 0.4) is 0 Å². The van der Waals surface area contributed by atoms with Gasteiger partial charge in [0, 0.05) is 18.6 Å². The maximum atomic E-state index is 11.8. The fraction of sp³-hybridized carbons (Fsp3) is 0.923. The second-order valence-electron chi connectivity index (χ2n) is 5.74. The van der Waals surface area contributed by atoms with Crippen LogP contribution in [0.2, 0.25) is 0 Å². The Morgan fingerprint density at radius 1 is 1.41 bits per heavy atom. The summed E-state index contributed by atoms with van der Waals surface area (Å²) in [6.45, 7) is 2.02. The van der Waals surface area contributed by atoms with Crippen LogP contribution in [0, 0.1) is 5.92 Å². The first-order valence-electron chi connectivity index (χ1n) is 6.84. The van der Waals surface area contributed by atoms with Crippen molar-refractivity contribution in [2.24, 2.45) is 11.7 Å². The van der Waals surface area contributed by atoms with E-state index in [9.17, 15) is 4.79 Å². The molecule has 4 nitrogen and oxygen atoms in total. The van der Waals surface area contributed by atoms with Crippen LogP contribution in [0.15, 0.2) is 0 Å². The molecule has 98 valence electrons. The lowest BCUT2D eigenvalue weighted by molar-refractivity contribution is -0.123. The first kappa shape index (κ1) is 12.8. The summed E-state index contributed by atoms with van der Waals surface area (Å²) >= 11 is 0. The van der Waals surface area contributed by atoms with Crippen LogP contribution in [-0.4, -0.2) is 43.0 Å². The van der Waals surface area contributed by atoms with Gasteiger partial charge in [-0.25, -0.2) is 0 Å². The number of amides is 1. The van der Waals surface area contributed by atoms with Crippen molar-refractivity contribution < 1.29 is 4.79 Å². The third-order valence-electron chi connectivity index (χ3n) is 4.39. The molecule has 0 unspecified atom stereocenters. The minimum Gasteiger partial charge on any atom is -0.355 e. The molecule has 0 spiro atoms. The van der Waals surface area contributed by atoms with Gasteiger partial charge in [0.2, 0.25) is 5.91 Å². The molecule has 2 fully saturated rings. The number of hydrogen-bond acceptors (Lipinski definition) is 3. The van der Waals surface area contributed by atoms with E-state index in [0.717, 1.165) is 25.3 Å². The first-order valence-corrected chi connectivity index (χ1v) is 6.84. The maximum absolute atomic E-state index is 11.8. The molecule has 0 saturated heterocycles. The van der Waals surface area contributed by atoms with Gasteiger partial charge in [-0.2, -0.15) is 0 Å². The summed E-state index contributed by atoms with van der Waals surface area (Å²) in [5.41, 5.74) is 5.98. The van der Waals surface area contributed by atoms with E-state index in [2.05, 4.69) is 10.2 Å². The molecule has 17 heavy (non-hydrogen) atoms. The zero-order valence-electron chi connectivity index (χ0n) is 10.9. The number of nitrogens with one attached hydrogen (secondary N) is 1. The lowest BCUT2D eigenvalue weighted by Crippen LogP contribution is -2.53. The van der Waals surface area contributed by atoms with Crippen molar-refractivity contribution in [2.45, 2.75) is 44.1 Å². The zero-order chi connectivity index (χ0) is 12.3. The Kier molecular flexibility index (Phi) is 4.05. The number of likely N-dealkylation sites (N-methyl/N-ethyl adjacent to an activating group) is 1. The van der Waals surface area contributed by atoms with Crippen LogP contribution in [0.1, 0.15) is 38.5 Å². The second-order valence-corrected chi connectivity index (χ2v) is 5.74. The molecule has 0 atom stereocenters. The summed E-state index contributed by atoms with van der Waals surface area (Å²) in [5, 5.41) is 3.02. The smallest absolute Gasteiger partial charge is 0.234 e. The summed E-state index contributed by atoms with van der Waals surface area (Å²) in [4.78, 5) is 14.0. The van der Waals surface area contributed by atoms with Gasteiger partial charge in [-0.3, -0.25) is 9.69 Å². The van der Waals surface area contributed by atoms with Gasteiger partial charge in [-0.15, -0.1) is 0 Å². The lowest BCUT2D eigenvalue weighted by atomic mass is 9.96. The molecule has 0 aromatic rings. The van der Waals surface area contributed by atoms with E-state index in [-0.39, 0.29) is 11.4 Å². The standard InChI is InChI=1S/C13H25N3O/c1-16(13(10-14)6-2-3-7-13)9-12(17)15-8-11-4-5-11/h11H,2-10,14H2,1H3,(H,15,17). The predicted molar refractivity (Wildman–Crippen MR) is 68.6 cm³/mol. The van der Waals surface area contributed by atoms with Crippen molar-refractivity contribution in [1.82, 2.24) is 10.2 Å². The molecular weight excluding hydrogens is 214 g/mol. The Morgan fingerprint density at radius 2 is 2.06 bits per heavy atom. The van der Waals surface area contributed by atoms with Crippen LogP contribution < -0.4 is 11.1 Å². The quantitative estimate of drug-likeness (QED) is 0.718. The first-order chi connectivity index (χ1) is 8.16. The summed E-state index contributed by atoms with van der Waals surface area (Å²) in [6, 6.07) is 0. The fourth-order valence-electron chi connectivity index (χ4n) is 2.79. The van der Waals surface area contributed by atoms with E-state index in [1.54, 1.807) is 0 Å². The third-order valence-corrected chi connectivity index (χ3v) is 4.39. The number of nitrogens with two attached hydrogens (primary N) is 1. The molecule has 0 aromatic heterocycles. The molecule has 0 bridgehead atoms. The van der Waals surface area contributed by atoms with Crippen molar-refractivity contribution >= 4 is 5.91 Å². The third kappa shape index (κ3) is 3.19. The normalized spacial score (nSPS) is 23.0. The lowest BCUT2D eigenvalue weighted by Gasteiger charge is -2.37. The van der Waals surface area contributed by atoms with Crippen molar-refractivity contribution in [2.75, 3.05) is 26.7 Å². The minimum absolute atomic E-state index is 0.0803. The van der Waals surface area contributed by atoms with Crippen LogP contribution in [-0.2, 0) is 4.79 Å². The molecule has 2 aliphatic carbocycles.